The van der Waals surface area contributed by atoms with E-state index in [2.05, 4.69) is 10.3 Å². The molecule has 0 aliphatic heterocycles. The van der Waals surface area contributed by atoms with Gasteiger partial charge in [0.2, 0.25) is 5.91 Å². The van der Waals surface area contributed by atoms with Gasteiger partial charge < -0.3 is 10.3 Å². The minimum Gasteiger partial charge on any atom is -0.353 e. The molecule has 7 heteroatoms. The summed E-state index contributed by atoms with van der Waals surface area (Å²) in [5, 5.41) is 3.40. The first-order valence-corrected chi connectivity index (χ1v) is 10.5. The van der Waals surface area contributed by atoms with Crippen molar-refractivity contribution in [1.29, 1.82) is 0 Å². The highest BCUT2D eigenvalue weighted by atomic mass is 19.1. The lowest BCUT2D eigenvalue weighted by molar-refractivity contribution is -0.128. The maximum absolute atomic E-state index is 14.4. The Kier molecular flexibility index (Phi) is 4.84. The highest BCUT2D eigenvalue weighted by molar-refractivity contribution is 5.93. The van der Waals surface area contributed by atoms with Crippen molar-refractivity contribution in [3.8, 4) is 11.3 Å². The summed E-state index contributed by atoms with van der Waals surface area (Å²) < 4.78 is 41.8. The number of hydrogen-bond acceptors (Lipinski definition) is 2. The van der Waals surface area contributed by atoms with Crippen LogP contribution in [-0.4, -0.2) is 22.7 Å². The molecule has 0 saturated heterocycles. The van der Waals surface area contributed by atoms with E-state index < -0.39 is 11.6 Å². The van der Waals surface area contributed by atoms with Crippen molar-refractivity contribution in [3.63, 3.8) is 0 Å². The number of hydrogen-bond donors (Lipinski definition) is 2. The van der Waals surface area contributed by atoms with Crippen molar-refractivity contribution >= 4 is 22.6 Å². The Morgan fingerprint density at radius 3 is 2.45 bits per heavy atom. The number of fused-ring (bicyclic) bond motifs is 1. The lowest BCUT2D eigenvalue weighted by Crippen LogP contribution is -2.42. The van der Waals surface area contributed by atoms with Crippen molar-refractivity contribution in [3.05, 3.63) is 59.4 Å². The number of H-pyrrole nitrogens is 1. The van der Waals surface area contributed by atoms with E-state index in [0.29, 0.717) is 48.7 Å². The summed E-state index contributed by atoms with van der Waals surface area (Å²) in [5.41, 5.74) is 2.24. The van der Waals surface area contributed by atoms with Crippen LogP contribution in [0.3, 0.4) is 0 Å². The molecule has 5 rings (SSSR count). The van der Waals surface area contributed by atoms with Gasteiger partial charge in [-0.3, -0.25) is 9.59 Å². The average Bonchev–Trinajstić information content (AvgIpc) is 3.25. The Balaban J connectivity index is 1.44. The minimum atomic E-state index is -0.691. The molecule has 3 aromatic rings. The van der Waals surface area contributed by atoms with E-state index in [-0.39, 0.29) is 40.9 Å². The summed E-state index contributed by atoms with van der Waals surface area (Å²) in [6.45, 7) is 0. The fourth-order valence-corrected chi connectivity index (χ4v) is 4.83. The van der Waals surface area contributed by atoms with Crippen molar-refractivity contribution in [2.75, 3.05) is 0 Å². The maximum atomic E-state index is 14.4. The second-order valence-corrected chi connectivity index (χ2v) is 8.58. The lowest BCUT2D eigenvalue weighted by atomic mass is 9.69. The van der Waals surface area contributed by atoms with E-state index in [9.17, 15) is 22.8 Å². The zero-order valence-corrected chi connectivity index (χ0v) is 16.7. The molecule has 1 aromatic heterocycles. The number of carbonyl (C=O) groups excluding carboxylic acids is 2. The van der Waals surface area contributed by atoms with Crippen molar-refractivity contribution in [1.82, 2.24) is 10.3 Å². The summed E-state index contributed by atoms with van der Waals surface area (Å²) in [5.74, 6) is -1.91. The fraction of sp³-hybridized carbons (Fsp3) is 0.333. The Hall–Kier alpha value is -3.09. The first-order chi connectivity index (χ1) is 14.9. The van der Waals surface area contributed by atoms with Crippen LogP contribution in [0.2, 0.25) is 0 Å². The monoisotopic (exact) mass is 426 g/mol. The van der Waals surface area contributed by atoms with Crippen molar-refractivity contribution in [2.24, 2.45) is 5.92 Å². The molecular weight excluding hydrogens is 405 g/mol. The number of Topliss-reactive ketones (excluding diaryl/α,β-unsaturated/α-hetero) is 1. The third-order valence-electron chi connectivity index (χ3n) is 6.51. The van der Waals surface area contributed by atoms with Crippen LogP contribution < -0.4 is 5.32 Å². The molecule has 160 valence electrons. The zero-order chi connectivity index (χ0) is 21.7. The van der Waals surface area contributed by atoms with Gasteiger partial charge in [-0.1, -0.05) is 0 Å². The van der Waals surface area contributed by atoms with Crippen LogP contribution in [0, 0.1) is 23.4 Å². The third-order valence-corrected chi connectivity index (χ3v) is 6.51. The van der Waals surface area contributed by atoms with Gasteiger partial charge in [-0.2, -0.15) is 0 Å². The molecule has 1 unspecified atom stereocenters. The van der Waals surface area contributed by atoms with Gasteiger partial charge in [0, 0.05) is 36.3 Å². The lowest BCUT2D eigenvalue weighted by Gasteiger charge is -2.35. The average molecular weight is 426 g/mol. The van der Waals surface area contributed by atoms with E-state index in [1.54, 1.807) is 12.1 Å². The predicted molar refractivity (Wildman–Crippen MR) is 110 cm³/mol. The molecule has 1 heterocycles. The number of halogens is 3. The van der Waals surface area contributed by atoms with E-state index in [4.69, 9.17) is 0 Å². The van der Waals surface area contributed by atoms with Gasteiger partial charge in [-0.05, 0) is 66.6 Å². The van der Waals surface area contributed by atoms with Gasteiger partial charge in [0.1, 0.15) is 23.2 Å². The van der Waals surface area contributed by atoms with Gasteiger partial charge in [0.15, 0.2) is 0 Å². The molecule has 2 aliphatic rings. The number of amides is 1. The molecule has 1 amide bonds. The standard InChI is InChI=1S/C24H21F3N2O2/c25-15-3-1-12(2-4-15)22-21(19-9-16(26)10-20(27)23(19)29-22)13-7-14(8-13)24(31)28-17-5-6-18(30)11-17/h1-4,9-10,13-14,17,29H,5-8,11H2,(H,28,31). The Morgan fingerprint density at radius 2 is 1.77 bits per heavy atom. The molecule has 2 saturated carbocycles. The highest BCUT2D eigenvalue weighted by Crippen LogP contribution is 2.48. The summed E-state index contributed by atoms with van der Waals surface area (Å²) in [6.07, 6.45) is 2.66. The van der Waals surface area contributed by atoms with Crippen LogP contribution >= 0.6 is 0 Å². The summed E-state index contributed by atoms with van der Waals surface area (Å²) in [6, 6.07) is 7.87. The highest BCUT2D eigenvalue weighted by Gasteiger charge is 2.39. The number of carbonyl (C=O) groups is 2. The molecule has 0 radical (unpaired) electrons. The van der Waals surface area contributed by atoms with Crippen molar-refractivity contribution < 1.29 is 22.8 Å². The first kappa shape index (κ1) is 19.8. The molecule has 2 N–H and O–H groups in total. The number of nitrogens with one attached hydrogen (secondary N) is 2. The van der Waals surface area contributed by atoms with Crippen LogP contribution in [0.4, 0.5) is 13.2 Å². The van der Waals surface area contributed by atoms with Crippen LogP contribution in [-0.2, 0) is 9.59 Å². The van der Waals surface area contributed by atoms with Gasteiger partial charge in [0.05, 0.1) is 11.2 Å². The largest absolute Gasteiger partial charge is 0.353 e. The van der Waals surface area contributed by atoms with Crippen LogP contribution in [0.5, 0.6) is 0 Å². The molecule has 2 aromatic carbocycles. The Morgan fingerprint density at radius 1 is 1.03 bits per heavy atom. The van der Waals surface area contributed by atoms with Crippen LogP contribution in [0.15, 0.2) is 36.4 Å². The number of ketones is 1. The quantitative estimate of drug-likeness (QED) is 0.618. The second kappa shape index (κ2) is 7.55. The smallest absolute Gasteiger partial charge is 0.223 e. The predicted octanol–water partition coefficient (Wildman–Crippen LogP) is 4.98. The Labute approximate surface area is 176 Å². The first-order valence-electron chi connectivity index (χ1n) is 10.5. The normalized spacial score (nSPS) is 23.2. The number of rotatable bonds is 4. The van der Waals surface area contributed by atoms with E-state index in [0.717, 1.165) is 11.6 Å². The molecular formula is C24H21F3N2O2. The van der Waals surface area contributed by atoms with Crippen molar-refractivity contribution in [2.45, 2.75) is 44.1 Å². The van der Waals surface area contributed by atoms with Crippen LogP contribution in [0.1, 0.15) is 43.6 Å². The molecule has 4 nitrogen and oxygen atoms in total. The van der Waals surface area contributed by atoms with Gasteiger partial charge in [-0.25, -0.2) is 13.2 Å². The van der Waals surface area contributed by atoms with Gasteiger partial charge in [-0.15, -0.1) is 0 Å². The van der Waals surface area contributed by atoms with Gasteiger partial charge >= 0.3 is 0 Å². The maximum Gasteiger partial charge on any atom is 0.223 e. The van der Waals surface area contributed by atoms with Crippen LogP contribution in [0.25, 0.3) is 22.2 Å². The fourth-order valence-electron chi connectivity index (χ4n) is 4.83. The molecule has 31 heavy (non-hydrogen) atoms. The molecule has 0 spiro atoms. The molecule has 2 aliphatic carbocycles. The minimum absolute atomic E-state index is 0.0593. The summed E-state index contributed by atoms with van der Waals surface area (Å²) >= 11 is 0. The number of aromatic amines is 1. The number of aromatic nitrogens is 1. The molecule has 2 fully saturated rings. The second-order valence-electron chi connectivity index (χ2n) is 8.58. The Bertz CT molecular complexity index is 1180. The molecule has 1 atom stereocenters. The van der Waals surface area contributed by atoms with E-state index >= 15 is 0 Å². The van der Waals surface area contributed by atoms with Gasteiger partial charge in [0.25, 0.3) is 0 Å². The molecule has 0 bridgehead atoms. The summed E-state index contributed by atoms with van der Waals surface area (Å²) in [7, 11) is 0. The third kappa shape index (κ3) is 3.62. The topological polar surface area (TPSA) is 62.0 Å². The SMILES string of the molecule is O=C1CCC(NC(=O)C2CC(c3c(-c4ccc(F)cc4)[nH]c4c(F)cc(F)cc34)C2)C1. The zero-order valence-electron chi connectivity index (χ0n) is 16.7. The summed E-state index contributed by atoms with van der Waals surface area (Å²) in [4.78, 5) is 27.1. The van der Waals surface area contributed by atoms with E-state index in [1.165, 1.54) is 18.2 Å². The van der Waals surface area contributed by atoms with E-state index in [1.807, 2.05) is 0 Å². The number of benzene rings is 2.